The third-order valence-corrected chi connectivity index (χ3v) is 8.25. The Kier molecular flexibility index (Phi) is 8.19. The van der Waals surface area contributed by atoms with Crippen LogP contribution in [0.5, 0.6) is 0 Å². The zero-order valence-electron chi connectivity index (χ0n) is 20.6. The highest BCUT2D eigenvalue weighted by molar-refractivity contribution is 5.89. The molecule has 7 atom stereocenters. The average Bonchev–Trinajstić information content (AvgIpc) is 2.78. The van der Waals surface area contributed by atoms with Crippen LogP contribution < -0.4 is 10.6 Å². The SMILES string of the molecule is C[C@@H]1[C@@H]2[C@@H](O)[C@@H]([C@H](C)C(=O)N(C)CCC#N)CC[C@]2(C)CC[C@@H]1NC(=O)Nc1cccc(F)c1. The average molecular weight is 473 g/mol. The maximum atomic E-state index is 13.4. The third kappa shape index (κ3) is 5.52. The van der Waals surface area contributed by atoms with Crippen molar-refractivity contribution >= 4 is 17.6 Å². The molecule has 186 valence electrons. The van der Waals surface area contributed by atoms with Gasteiger partial charge in [0.15, 0.2) is 0 Å². The van der Waals surface area contributed by atoms with E-state index in [9.17, 15) is 19.1 Å². The second kappa shape index (κ2) is 10.7. The summed E-state index contributed by atoms with van der Waals surface area (Å²) < 4.78 is 13.4. The van der Waals surface area contributed by atoms with Crippen LogP contribution in [0.4, 0.5) is 14.9 Å². The quantitative estimate of drug-likeness (QED) is 0.578. The summed E-state index contributed by atoms with van der Waals surface area (Å²) in [4.78, 5) is 27.1. The number of urea groups is 1. The van der Waals surface area contributed by atoms with Crippen molar-refractivity contribution in [2.45, 2.75) is 65.0 Å². The second-order valence-electron chi connectivity index (χ2n) is 10.4. The fourth-order valence-corrected chi connectivity index (χ4v) is 6.26. The van der Waals surface area contributed by atoms with E-state index >= 15 is 0 Å². The summed E-state index contributed by atoms with van der Waals surface area (Å²) in [7, 11) is 1.70. The summed E-state index contributed by atoms with van der Waals surface area (Å²) >= 11 is 0. The van der Waals surface area contributed by atoms with Gasteiger partial charge in [0.1, 0.15) is 5.82 Å². The van der Waals surface area contributed by atoms with Crippen LogP contribution in [0, 0.1) is 46.2 Å². The van der Waals surface area contributed by atoms with E-state index in [2.05, 4.69) is 30.6 Å². The van der Waals surface area contributed by atoms with Crippen LogP contribution in [0.15, 0.2) is 24.3 Å². The number of aliphatic hydroxyl groups is 1. The topological polar surface area (TPSA) is 105 Å². The number of carbonyl (C=O) groups is 2. The Morgan fingerprint density at radius 1 is 1.35 bits per heavy atom. The van der Waals surface area contributed by atoms with E-state index in [4.69, 9.17) is 5.26 Å². The number of halogens is 1. The Morgan fingerprint density at radius 3 is 2.74 bits per heavy atom. The predicted molar refractivity (Wildman–Crippen MR) is 128 cm³/mol. The smallest absolute Gasteiger partial charge is 0.319 e. The predicted octanol–water partition coefficient (Wildman–Crippen LogP) is 4.15. The molecule has 0 aromatic heterocycles. The lowest BCUT2D eigenvalue weighted by Crippen LogP contribution is -2.59. The molecular weight excluding hydrogens is 435 g/mol. The molecule has 3 rings (SSSR count). The number of nitrogens with one attached hydrogen (secondary N) is 2. The first-order valence-electron chi connectivity index (χ1n) is 12.2. The van der Waals surface area contributed by atoms with Gasteiger partial charge in [-0.3, -0.25) is 4.79 Å². The van der Waals surface area contributed by atoms with E-state index in [0.717, 1.165) is 25.7 Å². The van der Waals surface area contributed by atoms with Crippen molar-refractivity contribution in [2.75, 3.05) is 18.9 Å². The molecule has 0 unspecified atom stereocenters. The van der Waals surface area contributed by atoms with Gasteiger partial charge in [0.25, 0.3) is 0 Å². The first-order valence-corrected chi connectivity index (χ1v) is 12.2. The van der Waals surface area contributed by atoms with Crippen LogP contribution in [-0.4, -0.2) is 47.7 Å². The number of rotatable bonds is 6. The van der Waals surface area contributed by atoms with Gasteiger partial charge in [-0.15, -0.1) is 0 Å². The molecule has 0 heterocycles. The summed E-state index contributed by atoms with van der Waals surface area (Å²) in [5.41, 5.74) is 0.332. The summed E-state index contributed by atoms with van der Waals surface area (Å²) in [6, 6.07) is 7.30. The van der Waals surface area contributed by atoms with E-state index in [1.165, 1.54) is 12.1 Å². The van der Waals surface area contributed by atoms with Crippen molar-refractivity contribution in [3.8, 4) is 6.07 Å². The van der Waals surface area contributed by atoms with E-state index < -0.39 is 18.0 Å². The number of anilines is 1. The molecule has 0 spiro atoms. The van der Waals surface area contributed by atoms with Gasteiger partial charge in [0, 0.05) is 31.2 Å². The van der Waals surface area contributed by atoms with E-state index in [-0.39, 0.29) is 47.5 Å². The van der Waals surface area contributed by atoms with Gasteiger partial charge in [-0.05, 0) is 67.1 Å². The molecule has 0 radical (unpaired) electrons. The maximum absolute atomic E-state index is 13.4. The van der Waals surface area contributed by atoms with Crippen LogP contribution in [0.25, 0.3) is 0 Å². The molecule has 3 amide bonds. The number of benzene rings is 1. The van der Waals surface area contributed by atoms with Crippen LogP contribution in [0.2, 0.25) is 0 Å². The van der Waals surface area contributed by atoms with Crippen molar-refractivity contribution in [3.05, 3.63) is 30.1 Å². The number of amides is 3. The molecule has 1 aromatic rings. The Hall–Kier alpha value is -2.66. The number of hydrogen-bond acceptors (Lipinski definition) is 4. The zero-order valence-corrected chi connectivity index (χ0v) is 20.6. The van der Waals surface area contributed by atoms with Gasteiger partial charge in [-0.2, -0.15) is 5.26 Å². The van der Waals surface area contributed by atoms with Crippen molar-refractivity contribution in [3.63, 3.8) is 0 Å². The third-order valence-electron chi connectivity index (χ3n) is 8.25. The summed E-state index contributed by atoms with van der Waals surface area (Å²) in [6.45, 7) is 6.53. The molecule has 3 N–H and O–H groups in total. The van der Waals surface area contributed by atoms with Gasteiger partial charge in [-0.25, -0.2) is 9.18 Å². The minimum atomic E-state index is -0.659. The first-order chi connectivity index (χ1) is 16.1. The highest BCUT2D eigenvalue weighted by atomic mass is 19.1. The van der Waals surface area contributed by atoms with E-state index in [1.807, 2.05) is 6.92 Å². The number of fused-ring (bicyclic) bond motifs is 1. The van der Waals surface area contributed by atoms with Crippen LogP contribution >= 0.6 is 0 Å². The van der Waals surface area contributed by atoms with E-state index in [1.54, 1.807) is 24.1 Å². The Balaban J connectivity index is 1.68. The lowest BCUT2D eigenvalue weighted by atomic mass is 9.51. The fraction of sp³-hybridized carbons (Fsp3) is 0.654. The molecule has 1 aromatic carbocycles. The molecule has 7 nitrogen and oxygen atoms in total. The lowest BCUT2D eigenvalue weighted by molar-refractivity contribution is -0.148. The lowest BCUT2D eigenvalue weighted by Gasteiger charge is -2.56. The molecule has 2 fully saturated rings. The van der Waals surface area contributed by atoms with Gasteiger partial charge in [-0.1, -0.05) is 26.8 Å². The molecule has 0 aliphatic heterocycles. The monoisotopic (exact) mass is 472 g/mol. The van der Waals surface area contributed by atoms with Crippen molar-refractivity contribution in [1.29, 1.82) is 5.26 Å². The van der Waals surface area contributed by atoms with Gasteiger partial charge in [0.05, 0.1) is 18.6 Å². The molecule has 8 heteroatoms. The molecule has 34 heavy (non-hydrogen) atoms. The summed E-state index contributed by atoms with van der Waals surface area (Å²) in [5, 5.41) is 26.0. The van der Waals surface area contributed by atoms with Crippen LogP contribution in [0.3, 0.4) is 0 Å². The molecule has 2 saturated carbocycles. The number of nitriles is 1. The molecule has 0 saturated heterocycles. The Bertz CT molecular complexity index is 935. The van der Waals surface area contributed by atoms with Crippen molar-refractivity contribution in [2.24, 2.45) is 29.1 Å². The van der Waals surface area contributed by atoms with Gasteiger partial charge < -0.3 is 20.6 Å². The van der Waals surface area contributed by atoms with Crippen molar-refractivity contribution < 1.29 is 19.1 Å². The Labute approximate surface area is 201 Å². The minimum Gasteiger partial charge on any atom is -0.392 e. The zero-order chi connectivity index (χ0) is 25.0. The molecule has 0 bridgehead atoms. The number of carbonyl (C=O) groups excluding carboxylic acids is 2. The molecule has 2 aliphatic rings. The van der Waals surface area contributed by atoms with Crippen LogP contribution in [0.1, 0.15) is 52.9 Å². The number of hydrogen-bond donors (Lipinski definition) is 3. The Morgan fingerprint density at radius 2 is 2.06 bits per heavy atom. The highest BCUT2D eigenvalue weighted by Gasteiger charge is 2.54. The number of aliphatic hydroxyl groups excluding tert-OH is 1. The molecular formula is C26H37FN4O3. The summed E-state index contributed by atoms with van der Waals surface area (Å²) in [6.07, 6.45) is 3.00. The maximum Gasteiger partial charge on any atom is 0.319 e. The normalized spacial score (nSPS) is 31.5. The molecule has 2 aliphatic carbocycles. The standard InChI is InChI=1S/C26H37FN4O3/c1-16(24(33)31(4)14-6-13-28)20-9-11-26(3)12-10-21(17(2)22(26)23(20)32)30-25(34)29-19-8-5-7-18(27)15-19/h5,7-8,15-17,20-23,32H,6,9-12,14H2,1-4H3,(H2,29,30,34)/t16-,17-,20+,21-,22+,23-,26+/m0/s1. The van der Waals surface area contributed by atoms with Gasteiger partial charge >= 0.3 is 6.03 Å². The highest BCUT2D eigenvalue weighted by Crippen LogP contribution is 2.55. The fourth-order valence-electron chi connectivity index (χ4n) is 6.26. The summed E-state index contributed by atoms with van der Waals surface area (Å²) in [5.74, 6) is -1.03. The first kappa shape index (κ1) is 26.0. The van der Waals surface area contributed by atoms with Crippen LogP contribution in [-0.2, 0) is 4.79 Å². The van der Waals surface area contributed by atoms with E-state index in [0.29, 0.717) is 12.2 Å². The minimum absolute atomic E-state index is 0.00781. The van der Waals surface area contributed by atoms with Crippen molar-refractivity contribution in [1.82, 2.24) is 10.2 Å². The second-order valence-corrected chi connectivity index (χ2v) is 10.4. The largest absolute Gasteiger partial charge is 0.392 e. The van der Waals surface area contributed by atoms with Gasteiger partial charge in [0.2, 0.25) is 5.91 Å². The number of nitrogens with zero attached hydrogens (tertiary/aromatic N) is 2.